The fourth-order valence-electron chi connectivity index (χ4n) is 3.99. The largest absolute Gasteiger partial charge is 0.480 e. The molecular formula is C19H20FN3O3. The fourth-order valence-corrected chi connectivity index (χ4v) is 3.99. The number of carbonyl (C=O) groups excluding carboxylic acids is 1. The number of benzene rings is 1. The van der Waals surface area contributed by atoms with Gasteiger partial charge in [-0.1, -0.05) is 6.07 Å². The SMILES string of the molecule is O=C(O)C1CCCN1C(=O)c1nn(-c2cccc(F)c2)c2c1CCCC2. The molecule has 0 radical (unpaired) electrons. The Morgan fingerprint density at radius 2 is 2.00 bits per heavy atom. The van der Waals surface area contributed by atoms with E-state index in [4.69, 9.17) is 0 Å². The maximum atomic E-state index is 13.7. The van der Waals surface area contributed by atoms with Gasteiger partial charge in [0.05, 0.1) is 5.69 Å². The van der Waals surface area contributed by atoms with Crippen molar-refractivity contribution in [2.24, 2.45) is 0 Å². The van der Waals surface area contributed by atoms with Crippen LogP contribution in [0.5, 0.6) is 0 Å². The number of halogens is 1. The average molecular weight is 357 g/mol. The monoisotopic (exact) mass is 357 g/mol. The number of carboxylic acids is 1. The van der Waals surface area contributed by atoms with Crippen molar-refractivity contribution in [3.63, 3.8) is 0 Å². The van der Waals surface area contributed by atoms with Gasteiger partial charge >= 0.3 is 5.97 Å². The first-order chi connectivity index (χ1) is 12.6. The summed E-state index contributed by atoms with van der Waals surface area (Å²) >= 11 is 0. The Hall–Kier alpha value is -2.70. The second kappa shape index (κ2) is 6.55. The predicted molar refractivity (Wildman–Crippen MR) is 91.9 cm³/mol. The first-order valence-corrected chi connectivity index (χ1v) is 8.97. The smallest absolute Gasteiger partial charge is 0.326 e. The molecule has 136 valence electrons. The van der Waals surface area contributed by atoms with Crippen LogP contribution in [0.15, 0.2) is 24.3 Å². The van der Waals surface area contributed by atoms with E-state index in [2.05, 4.69) is 5.10 Å². The lowest BCUT2D eigenvalue weighted by molar-refractivity contribution is -0.141. The van der Waals surface area contributed by atoms with Gasteiger partial charge in [-0.15, -0.1) is 0 Å². The van der Waals surface area contributed by atoms with E-state index in [9.17, 15) is 19.1 Å². The summed E-state index contributed by atoms with van der Waals surface area (Å²) in [4.78, 5) is 25.9. The third-order valence-electron chi connectivity index (χ3n) is 5.23. The third kappa shape index (κ3) is 2.77. The van der Waals surface area contributed by atoms with Crippen LogP contribution in [0.4, 0.5) is 4.39 Å². The molecule has 0 bridgehead atoms. The summed E-state index contributed by atoms with van der Waals surface area (Å²) < 4.78 is 15.3. The molecule has 1 aliphatic carbocycles. The highest BCUT2D eigenvalue weighted by atomic mass is 19.1. The molecule has 1 N–H and O–H groups in total. The van der Waals surface area contributed by atoms with Crippen molar-refractivity contribution in [1.82, 2.24) is 14.7 Å². The number of rotatable bonds is 3. The molecule has 4 rings (SSSR count). The van der Waals surface area contributed by atoms with Gasteiger partial charge in [0, 0.05) is 17.8 Å². The summed E-state index contributed by atoms with van der Waals surface area (Å²) in [7, 11) is 0. The highest BCUT2D eigenvalue weighted by molar-refractivity contribution is 5.97. The summed E-state index contributed by atoms with van der Waals surface area (Å²) in [5.41, 5.74) is 2.70. The summed E-state index contributed by atoms with van der Waals surface area (Å²) in [6.45, 7) is 0.428. The predicted octanol–water partition coefficient (Wildman–Crippen LogP) is 2.58. The Morgan fingerprint density at radius 1 is 1.19 bits per heavy atom. The van der Waals surface area contributed by atoms with Gasteiger partial charge in [-0.25, -0.2) is 13.9 Å². The number of hydrogen-bond donors (Lipinski definition) is 1. The maximum absolute atomic E-state index is 13.7. The third-order valence-corrected chi connectivity index (χ3v) is 5.23. The topological polar surface area (TPSA) is 75.4 Å². The maximum Gasteiger partial charge on any atom is 0.326 e. The van der Waals surface area contributed by atoms with Gasteiger partial charge in [-0.3, -0.25) is 4.79 Å². The van der Waals surface area contributed by atoms with E-state index in [-0.39, 0.29) is 11.7 Å². The minimum Gasteiger partial charge on any atom is -0.480 e. The summed E-state index contributed by atoms with van der Waals surface area (Å²) in [6.07, 6.45) is 4.60. The van der Waals surface area contributed by atoms with Crippen molar-refractivity contribution >= 4 is 11.9 Å². The number of carbonyl (C=O) groups is 2. The van der Waals surface area contributed by atoms with E-state index in [1.165, 1.54) is 17.0 Å². The number of hydrogen-bond acceptors (Lipinski definition) is 3. The molecule has 1 unspecified atom stereocenters. The molecule has 1 aliphatic heterocycles. The highest BCUT2D eigenvalue weighted by Gasteiger charge is 2.37. The summed E-state index contributed by atoms with van der Waals surface area (Å²) in [6, 6.07) is 5.35. The van der Waals surface area contributed by atoms with Crippen molar-refractivity contribution in [1.29, 1.82) is 0 Å². The van der Waals surface area contributed by atoms with Crippen LogP contribution < -0.4 is 0 Å². The van der Waals surface area contributed by atoms with Gasteiger partial charge in [0.2, 0.25) is 0 Å². The second-order valence-corrected chi connectivity index (χ2v) is 6.87. The number of amides is 1. The Morgan fingerprint density at radius 3 is 2.77 bits per heavy atom. The van der Waals surface area contributed by atoms with Crippen LogP contribution in [0.2, 0.25) is 0 Å². The van der Waals surface area contributed by atoms with Gasteiger partial charge in [0.25, 0.3) is 5.91 Å². The normalized spacial score (nSPS) is 19.4. The number of fused-ring (bicyclic) bond motifs is 1. The molecule has 1 aromatic heterocycles. The Kier molecular flexibility index (Phi) is 4.22. The molecule has 2 heterocycles. The molecule has 0 spiro atoms. The van der Waals surface area contributed by atoms with Gasteiger partial charge in [0.1, 0.15) is 11.9 Å². The number of aromatic nitrogens is 2. The van der Waals surface area contributed by atoms with Gasteiger partial charge in [-0.2, -0.15) is 5.10 Å². The van der Waals surface area contributed by atoms with Crippen LogP contribution >= 0.6 is 0 Å². The van der Waals surface area contributed by atoms with E-state index >= 15 is 0 Å². The first-order valence-electron chi connectivity index (χ1n) is 8.97. The molecule has 26 heavy (non-hydrogen) atoms. The molecular weight excluding hydrogens is 337 g/mol. The average Bonchev–Trinajstić information content (AvgIpc) is 3.26. The Bertz CT molecular complexity index is 877. The zero-order chi connectivity index (χ0) is 18.3. The fraction of sp³-hybridized carbons (Fsp3) is 0.421. The van der Waals surface area contributed by atoms with Gasteiger partial charge < -0.3 is 10.0 Å². The standard InChI is InChI=1S/C19H20FN3O3/c20-12-5-3-6-13(11-12)23-15-8-2-1-7-14(15)17(21-23)18(24)22-10-4-9-16(22)19(25)26/h3,5-6,11,16H,1-2,4,7-10H2,(H,25,26). The van der Waals surface area contributed by atoms with Gasteiger partial charge in [-0.05, 0) is 56.7 Å². The molecule has 1 aromatic carbocycles. The van der Waals surface area contributed by atoms with Crippen LogP contribution in [0.25, 0.3) is 5.69 Å². The van der Waals surface area contributed by atoms with E-state index in [0.29, 0.717) is 30.8 Å². The molecule has 7 heteroatoms. The molecule has 1 saturated heterocycles. The quantitative estimate of drug-likeness (QED) is 0.916. The number of nitrogens with zero attached hydrogens (tertiary/aromatic N) is 3. The molecule has 2 aliphatic rings. The van der Waals surface area contributed by atoms with Crippen molar-refractivity contribution in [3.8, 4) is 5.69 Å². The first kappa shape index (κ1) is 16.8. The lowest BCUT2D eigenvalue weighted by Crippen LogP contribution is -2.41. The van der Waals surface area contributed by atoms with Crippen LogP contribution in [-0.4, -0.2) is 44.3 Å². The van der Waals surface area contributed by atoms with Crippen molar-refractivity contribution in [3.05, 3.63) is 47.0 Å². The molecule has 1 atom stereocenters. The lowest BCUT2D eigenvalue weighted by Gasteiger charge is -2.21. The van der Waals surface area contributed by atoms with E-state index in [1.807, 2.05) is 0 Å². The number of likely N-dealkylation sites (tertiary alicyclic amines) is 1. The van der Waals surface area contributed by atoms with Crippen molar-refractivity contribution in [2.45, 2.75) is 44.6 Å². The molecule has 1 fully saturated rings. The van der Waals surface area contributed by atoms with Crippen LogP contribution in [-0.2, 0) is 17.6 Å². The van der Waals surface area contributed by atoms with Crippen molar-refractivity contribution in [2.75, 3.05) is 6.54 Å². The number of carboxylic acid groups (broad SMARTS) is 1. The second-order valence-electron chi connectivity index (χ2n) is 6.87. The highest BCUT2D eigenvalue weighted by Crippen LogP contribution is 2.29. The van der Waals surface area contributed by atoms with E-state index < -0.39 is 12.0 Å². The Balaban J connectivity index is 1.77. The van der Waals surface area contributed by atoms with Gasteiger partial charge in [0.15, 0.2) is 5.69 Å². The minimum atomic E-state index is -0.978. The molecule has 2 aromatic rings. The Labute approximate surface area is 150 Å². The number of aliphatic carboxylic acids is 1. The summed E-state index contributed by atoms with van der Waals surface area (Å²) in [5.74, 6) is -1.67. The zero-order valence-corrected chi connectivity index (χ0v) is 14.3. The zero-order valence-electron chi connectivity index (χ0n) is 14.3. The van der Waals surface area contributed by atoms with E-state index in [1.54, 1.807) is 16.8 Å². The van der Waals surface area contributed by atoms with Crippen molar-refractivity contribution < 1.29 is 19.1 Å². The van der Waals surface area contributed by atoms with E-state index in [0.717, 1.165) is 36.9 Å². The molecule has 6 nitrogen and oxygen atoms in total. The van der Waals surface area contributed by atoms with Crippen LogP contribution in [0, 0.1) is 5.82 Å². The lowest BCUT2D eigenvalue weighted by atomic mass is 9.95. The minimum absolute atomic E-state index is 0.317. The van der Waals surface area contributed by atoms with Crippen LogP contribution in [0.1, 0.15) is 47.4 Å². The molecule has 0 saturated carbocycles. The molecule has 1 amide bonds. The van der Waals surface area contributed by atoms with Crippen LogP contribution in [0.3, 0.4) is 0 Å². The summed E-state index contributed by atoms with van der Waals surface area (Å²) in [5, 5.41) is 13.9.